The van der Waals surface area contributed by atoms with Gasteiger partial charge in [0.25, 0.3) is 0 Å². The number of aryl methyl sites for hydroxylation is 2. The molecule has 1 aliphatic rings. The minimum absolute atomic E-state index is 0. The number of rotatable bonds is 6. The Hall–Kier alpha value is -1.92. The van der Waals surface area contributed by atoms with Gasteiger partial charge in [-0.05, 0) is 37.8 Å². The molecule has 1 aromatic carbocycles. The predicted octanol–water partition coefficient (Wildman–Crippen LogP) is 5.23. The fourth-order valence-electron chi connectivity index (χ4n) is 3.89. The summed E-state index contributed by atoms with van der Waals surface area (Å²) in [6.45, 7) is 3.64. The summed E-state index contributed by atoms with van der Waals surface area (Å²) in [5, 5.41) is 0.848. The number of carbonyl (C=O) groups is 1. The Kier molecular flexibility index (Phi) is 7.08. The van der Waals surface area contributed by atoms with Crippen LogP contribution in [-0.2, 0) is 11.3 Å². The average molecular weight is 419 g/mol. The minimum Gasteiger partial charge on any atom is -0.337 e. The predicted molar refractivity (Wildman–Crippen MR) is 117 cm³/mol. The molecule has 0 spiro atoms. The van der Waals surface area contributed by atoms with E-state index in [1.54, 1.807) is 17.5 Å². The number of nitrogens with zero attached hydrogens (tertiary/aromatic N) is 4. The van der Waals surface area contributed by atoms with Crippen LogP contribution >= 0.6 is 23.7 Å². The standard InChI is InChI=1S/C21H26N4OS.ClH/c1-16-7-5-10-18-19(16)23-21(27-18)25(13-6-12-24-14-11-22-15-24)20(26)17-8-3-2-4-9-17;/h5,7,10-11,14-15,17H,2-4,6,8-9,12-13H2,1H3;1H. The number of amides is 1. The van der Waals surface area contributed by atoms with E-state index in [0.717, 1.165) is 54.0 Å². The quantitative estimate of drug-likeness (QED) is 0.550. The molecule has 0 radical (unpaired) electrons. The van der Waals surface area contributed by atoms with E-state index in [1.165, 1.54) is 12.0 Å². The summed E-state index contributed by atoms with van der Waals surface area (Å²) in [6.07, 6.45) is 12.1. The maximum atomic E-state index is 13.3. The second-order valence-corrected chi connectivity index (χ2v) is 8.41. The van der Waals surface area contributed by atoms with Crippen LogP contribution in [0.4, 0.5) is 5.13 Å². The van der Waals surface area contributed by atoms with E-state index in [2.05, 4.69) is 34.7 Å². The van der Waals surface area contributed by atoms with E-state index < -0.39 is 0 Å². The number of anilines is 1. The number of hydrogen-bond donors (Lipinski definition) is 0. The number of imidazole rings is 1. The van der Waals surface area contributed by atoms with E-state index in [9.17, 15) is 4.79 Å². The lowest BCUT2D eigenvalue weighted by Crippen LogP contribution is -2.38. The average Bonchev–Trinajstić information content (AvgIpc) is 3.36. The maximum absolute atomic E-state index is 13.3. The van der Waals surface area contributed by atoms with Crippen LogP contribution in [0.3, 0.4) is 0 Å². The molecule has 5 nitrogen and oxygen atoms in total. The number of thiazole rings is 1. The lowest BCUT2D eigenvalue weighted by molar-refractivity contribution is -0.123. The fourth-order valence-corrected chi connectivity index (χ4v) is 4.97. The molecule has 0 N–H and O–H groups in total. The number of fused-ring (bicyclic) bond motifs is 1. The van der Waals surface area contributed by atoms with E-state index in [1.807, 2.05) is 17.4 Å². The van der Waals surface area contributed by atoms with Gasteiger partial charge in [0, 0.05) is 31.4 Å². The van der Waals surface area contributed by atoms with Gasteiger partial charge >= 0.3 is 0 Å². The molecule has 1 fully saturated rings. The molecule has 0 saturated heterocycles. The minimum atomic E-state index is 0. The molecule has 2 aromatic heterocycles. The third-order valence-corrected chi connectivity index (χ3v) is 6.46. The summed E-state index contributed by atoms with van der Waals surface area (Å²) in [7, 11) is 0. The highest BCUT2D eigenvalue weighted by Gasteiger charge is 2.28. The second kappa shape index (κ2) is 9.52. The van der Waals surface area contributed by atoms with Gasteiger partial charge < -0.3 is 4.57 Å². The molecule has 0 unspecified atom stereocenters. The molecule has 150 valence electrons. The van der Waals surface area contributed by atoms with E-state index >= 15 is 0 Å². The third kappa shape index (κ3) is 4.55. The van der Waals surface area contributed by atoms with E-state index in [0.29, 0.717) is 6.54 Å². The number of aromatic nitrogens is 3. The van der Waals surface area contributed by atoms with Crippen molar-refractivity contribution >= 4 is 45.0 Å². The van der Waals surface area contributed by atoms with Gasteiger partial charge in [-0.1, -0.05) is 42.7 Å². The summed E-state index contributed by atoms with van der Waals surface area (Å²) in [5.41, 5.74) is 2.19. The molecule has 0 atom stereocenters. The summed E-state index contributed by atoms with van der Waals surface area (Å²) < 4.78 is 3.22. The van der Waals surface area contributed by atoms with Crippen molar-refractivity contribution in [1.82, 2.24) is 14.5 Å². The van der Waals surface area contributed by atoms with Gasteiger partial charge in [-0.2, -0.15) is 0 Å². The number of hydrogen-bond acceptors (Lipinski definition) is 4. The SMILES string of the molecule is Cc1cccc2sc(N(CCCn3ccnc3)C(=O)C3CCCCC3)nc12.Cl. The largest absolute Gasteiger partial charge is 0.337 e. The Labute approximate surface area is 176 Å². The smallest absolute Gasteiger partial charge is 0.231 e. The van der Waals surface area contributed by atoms with Crippen molar-refractivity contribution in [2.45, 2.75) is 52.0 Å². The molecule has 0 aliphatic heterocycles. The van der Waals surface area contributed by atoms with Crippen LogP contribution in [0.5, 0.6) is 0 Å². The van der Waals surface area contributed by atoms with E-state index in [4.69, 9.17) is 4.98 Å². The first-order valence-corrected chi connectivity index (χ1v) is 10.7. The Morgan fingerprint density at radius 2 is 2.11 bits per heavy atom. The summed E-state index contributed by atoms with van der Waals surface area (Å²) >= 11 is 1.63. The van der Waals surface area contributed by atoms with Crippen molar-refractivity contribution in [2.24, 2.45) is 5.92 Å². The van der Waals surface area contributed by atoms with Gasteiger partial charge in [-0.15, -0.1) is 12.4 Å². The van der Waals surface area contributed by atoms with Crippen molar-refractivity contribution in [2.75, 3.05) is 11.4 Å². The number of benzene rings is 1. The van der Waals surface area contributed by atoms with Crippen LogP contribution in [0.25, 0.3) is 10.2 Å². The first-order valence-electron chi connectivity index (χ1n) is 9.85. The molecule has 2 heterocycles. The zero-order valence-corrected chi connectivity index (χ0v) is 17.8. The lowest BCUT2D eigenvalue weighted by atomic mass is 9.88. The summed E-state index contributed by atoms with van der Waals surface area (Å²) in [6, 6.07) is 6.24. The summed E-state index contributed by atoms with van der Waals surface area (Å²) in [5.74, 6) is 0.414. The van der Waals surface area contributed by atoms with Gasteiger partial charge in [-0.25, -0.2) is 9.97 Å². The van der Waals surface area contributed by atoms with Crippen LogP contribution < -0.4 is 4.90 Å². The molecule has 1 aliphatic carbocycles. The second-order valence-electron chi connectivity index (χ2n) is 7.40. The third-order valence-electron chi connectivity index (χ3n) is 5.42. The molecular formula is C21H27ClN4OS. The maximum Gasteiger partial charge on any atom is 0.231 e. The van der Waals surface area contributed by atoms with Crippen molar-refractivity contribution in [3.63, 3.8) is 0 Å². The number of halogens is 1. The highest BCUT2D eigenvalue weighted by molar-refractivity contribution is 7.22. The molecule has 1 amide bonds. The van der Waals surface area contributed by atoms with Crippen LogP contribution in [0.1, 0.15) is 44.1 Å². The molecule has 3 aromatic rings. The van der Waals surface area contributed by atoms with Gasteiger partial charge in [0.1, 0.15) is 0 Å². The molecule has 1 saturated carbocycles. The molecular weight excluding hydrogens is 392 g/mol. The Balaban J connectivity index is 0.00000225. The van der Waals surface area contributed by atoms with Gasteiger partial charge in [0.2, 0.25) is 5.91 Å². The highest BCUT2D eigenvalue weighted by atomic mass is 35.5. The lowest BCUT2D eigenvalue weighted by Gasteiger charge is -2.27. The van der Waals surface area contributed by atoms with Crippen molar-refractivity contribution in [3.05, 3.63) is 42.5 Å². The van der Waals surface area contributed by atoms with E-state index in [-0.39, 0.29) is 24.2 Å². The van der Waals surface area contributed by atoms with Gasteiger partial charge in [-0.3, -0.25) is 9.69 Å². The normalized spacial score (nSPS) is 14.8. The monoisotopic (exact) mass is 418 g/mol. The van der Waals surface area contributed by atoms with Crippen molar-refractivity contribution in [1.29, 1.82) is 0 Å². The first-order chi connectivity index (χ1) is 13.2. The Bertz CT molecular complexity index is 902. The highest BCUT2D eigenvalue weighted by Crippen LogP contribution is 2.33. The molecule has 7 heteroatoms. The van der Waals surface area contributed by atoms with Crippen molar-refractivity contribution < 1.29 is 4.79 Å². The van der Waals surface area contributed by atoms with Crippen LogP contribution in [0.15, 0.2) is 36.9 Å². The molecule has 0 bridgehead atoms. The van der Waals surface area contributed by atoms with Gasteiger partial charge in [0.15, 0.2) is 5.13 Å². The fraction of sp³-hybridized carbons (Fsp3) is 0.476. The van der Waals surface area contributed by atoms with Crippen LogP contribution in [0.2, 0.25) is 0 Å². The Morgan fingerprint density at radius 1 is 1.29 bits per heavy atom. The molecule has 4 rings (SSSR count). The van der Waals surface area contributed by atoms with Crippen molar-refractivity contribution in [3.8, 4) is 0 Å². The number of carbonyl (C=O) groups excluding carboxylic acids is 1. The van der Waals surface area contributed by atoms with Crippen LogP contribution in [0, 0.1) is 12.8 Å². The molecule has 28 heavy (non-hydrogen) atoms. The van der Waals surface area contributed by atoms with Crippen LogP contribution in [-0.4, -0.2) is 27.0 Å². The Morgan fingerprint density at radius 3 is 2.82 bits per heavy atom. The van der Waals surface area contributed by atoms with Gasteiger partial charge in [0.05, 0.1) is 16.5 Å². The zero-order valence-electron chi connectivity index (χ0n) is 16.2. The topological polar surface area (TPSA) is 51.0 Å². The summed E-state index contributed by atoms with van der Waals surface area (Å²) in [4.78, 5) is 24.2. The zero-order chi connectivity index (χ0) is 18.6. The number of para-hydroxylation sites is 1. The first kappa shape index (κ1) is 20.8.